The molecule has 20 heavy (non-hydrogen) atoms. The van der Waals surface area contributed by atoms with Gasteiger partial charge in [0.05, 0.1) is 11.7 Å². The highest BCUT2D eigenvalue weighted by molar-refractivity contribution is 5.45. The van der Waals surface area contributed by atoms with Gasteiger partial charge in [0.2, 0.25) is 6.41 Å². The molecule has 0 bridgehead atoms. The zero-order chi connectivity index (χ0) is 15.0. The molecule has 2 heterocycles. The standard InChI is InChI=1S/C11H13N3O.C3H7NO/c12-7-9-1-2-11(13-8-9)14-5-3-10(15)4-6-14;1-4(2)3-5/h1-2,8,10,15H,3-6H2;3H,1-2H3. The average molecular weight is 276 g/mol. The highest BCUT2D eigenvalue weighted by atomic mass is 16.3. The van der Waals surface area contributed by atoms with Crippen LogP contribution in [0.25, 0.3) is 0 Å². The Bertz CT molecular complexity index is 445. The Morgan fingerprint density at radius 2 is 2.05 bits per heavy atom. The van der Waals surface area contributed by atoms with Gasteiger partial charge in [-0.2, -0.15) is 5.26 Å². The highest BCUT2D eigenvalue weighted by Gasteiger charge is 2.17. The average Bonchev–Trinajstić information content (AvgIpc) is 2.49. The summed E-state index contributed by atoms with van der Waals surface area (Å²) in [6, 6.07) is 5.67. The topological polar surface area (TPSA) is 80.5 Å². The van der Waals surface area contributed by atoms with E-state index in [4.69, 9.17) is 5.26 Å². The van der Waals surface area contributed by atoms with Crippen LogP contribution in [0.3, 0.4) is 0 Å². The predicted octanol–water partition coefficient (Wildman–Crippen LogP) is 0.619. The molecular formula is C14H20N4O2. The lowest BCUT2D eigenvalue weighted by molar-refractivity contribution is -0.115. The summed E-state index contributed by atoms with van der Waals surface area (Å²) >= 11 is 0. The number of carbonyl (C=O) groups is 1. The van der Waals surface area contributed by atoms with Crippen LogP contribution in [-0.4, -0.2) is 54.7 Å². The molecule has 108 valence electrons. The maximum atomic E-state index is 9.43. The molecule has 1 amide bonds. The quantitative estimate of drug-likeness (QED) is 0.801. The molecule has 0 aliphatic carbocycles. The summed E-state index contributed by atoms with van der Waals surface area (Å²) in [5.41, 5.74) is 0.579. The molecule has 1 saturated heterocycles. The number of aliphatic hydroxyl groups excluding tert-OH is 1. The molecule has 1 N–H and O–H groups in total. The third-order valence-electron chi connectivity index (χ3n) is 2.88. The summed E-state index contributed by atoms with van der Waals surface area (Å²) in [4.78, 5) is 17.2. The van der Waals surface area contributed by atoms with Crippen LogP contribution < -0.4 is 4.90 Å². The van der Waals surface area contributed by atoms with Gasteiger partial charge in [-0.25, -0.2) is 4.98 Å². The highest BCUT2D eigenvalue weighted by Crippen LogP contribution is 2.17. The molecule has 1 aliphatic rings. The number of aromatic nitrogens is 1. The number of nitriles is 1. The van der Waals surface area contributed by atoms with Crippen molar-refractivity contribution in [2.45, 2.75) is 18.9 Å². The molecule has 0 spiro atoms. The Hall–Kier alpha value is -2.13. The summed E-state index contributed by atoms with van der Waals surface area (Å²) < 4.78 is 0. The van der Waals surface area contributed by atoms with E-state index < -0.39 is 0 Å². The fourth-order valence-electron chi connectivity index (χ4n) is 1.73. The van der Waals surface area contributed by atoms with E-state index in [-0.39, 0.29) is 6.10 Å². The van der Waals surface area contributed by atoms with Crippen molar-refractivity contribution in [2.24, 2.45) is 0 Å². The van der Waals surface area contributed by atoms with Crippen LogP contribution in [0.2, 0.25) is 0 Å². The van der Waals surface area contributed by atoms with Gasteiger partial charge in [0.15, 0.2) is 0 Å². The van der Waals surface area contributed by atoms with Gasteiger partial charge < -0.3 is 14.9 Å². The molecule has 0 saturated carbocycles. The summed E-state index contributed by atoms with van der Waals surface area (Å²) in [6.07, 6.45) is 3.75. The van der Waals surface area contributed by atoms with E-state index >= 15 is 0 Å². The summed E-state index contributed by atoms with van der Waals surface area (Å²) in [5, 5.41) is 18.0. The van der Waals surface area contributed by atoms with Crippen molar-refractivity contribution in [3.8, 4) is 6.07 Å². The Morgan fingerprint density at radius 3 is 2.45 bits per heavy atom. The van der Waals surface area contributed by atoms with Gasteiger partial charge in [0, 0.05) is 33.4 Å². The molecule has 0 aromatic carbocycles. The van der Waals surface area contributed by atoms with Gasteiger partial charge >= 0.3 is 0 Å². The molecule has 1 aromatic heterocycles. The smallest absolute Gasteiger partial charge is 0.209 e. The third kappa shape index (κ3) is 5.24. The maximum Gasteiger partial charge on any atom is 0.209 e. The van der Waals surface area contributed by atoms with Crippen LogP contribution in [0.4, 0.5) is 5.82 Å². The molecule has 1 aliphatic heterocycles. The first kappa shape index (κ1) is 15.9. The second-order valence-electron chi connectivity index (χ2n) is 4.80. The van der Waals surface area contributed by atoms with Crippen LogP contribution in [0.1, 0.15) is 18.4 Å². The SMILES string of the molecule is CN(C)C=O.N#Cc1ccc(N2CCC(O)CC2)nc1. The number of piperidine rings is 1. The first-order valence-corrected chi connectivity index (χ1v) is 6.47. The molecule has 6 nitrogen and oxygen atoms in total. The number of pyridine rings is 1. The second-order valence-corrected chi connectivity index (χ2v) is 4.80. The largest absolute Gasteiger partial charge is 0.393 e. The van der Waals surface area contributed by atoms with Crippen molar-refractivity contribution in [1.82, 2.24) is 9.88 Å². The van der Waals surface area contributed by atoms with Gasteiger partial charge in [-0.05, 0) is 25.0 Å². The zero-order valence-electron chi connectivity index (χ0n) is 11.9. The van der Waals surface area contributed by atoms with E-state index in [0.717, 1.165) is 38.2 Å². The lowest BCUT2D eigenvalue weighted by Crippen LogP contribution is -2.36. The Labute approximate surface area is 119 Å². The number of rotatable bonds is 2. The number of hydrogen-bond donors (Lipinski definition) is 1. The molecule has 0 unspecified atom stereocenters. The Morgan fingerprint density at radius 1 is 1.45 bits per heavy atom. The summed E-state index contributed by atoms with van der Waals surface area (Å²) in [7, 11) is 3.38. The molecule has 0 radical (unpaired) electrons. The van der Waals surface area contributed by atoms with E-state index in [9.17, 15) is 9.90 Å². The van der Waals surface area contributed by atoms with E-state index in [1.54, 1.807) is 26.4 Å². The molecule has 0 atom stereocenters. The van der Waals surface area contributed by atoms with Crippen molar-refractivity contribution in [2.75, 3.05) is 32.1 Å². The van der Waals surface area contributed by atoms with Gasteiger partial charge in [-0.1, -0.05) is 0 Å². The van der Waals surface area contributed by atoms with E-state index in [2.05, 4.69) is 9.88 Å². The van der Waals surface area contributed by atoms with Crippen LogP contribution in [-0.2, 0) is 4.79 Å². The monoisotopic (exact) mass is 276 g/mol. The first-order chi connectivity index (χ1) is 9.56. The molecule has 6 heteroatoms. The molecule has 1 fully saturated rings. The number of amides is 1. The number of nitrogens with zero attached hydrogens (tertiary/aromatic N) is 4. The van der Waals surface area contributed by atoms with Crippen LogP contribution >= 0.6 is 0 Å². The lowest BCUT2D eigenvalue weighted by Gasteiger charge is -2.30. The van der Waals surface area contributed by atoms with E-state index in [1.165, 1.54) is 4.90 Å². The van der Waals surface area contributed by atoms with Crippen molar-refractivity contribution < 1.29 is 9.90 Å². The molecular weight excluding hydrogens is 256 g/mol. The van der Waals surface area contributed by atoms with Gasteiger partial charge in [0.25, 0.3) is 0 Å². The van der Waals surface area contributed by atoms with Crippen molar-refractivity contribution in [1.29, 1.82) is 5.26 Å². The van der Waals surface area contributed by atoms with Crippen LogP contribution in [0.15, 0.2) is 18.3 Å². The molecule has 1 aromatic rings. The lowest BCUT2D eigenvalue weighted by atomic mass is 10.1. The number of aliphatic hydroxyl groups is 1. The minimum atomic E-state index is -0.167. The Kier molecular flexibility index (Phi) is 6.47. The van der Waals surface area contributed by atoms with Gasteiger partial charge in [-0.3, -0.25) is 4.79 Å². The maximum absolute atomic E-state index is 9.43. The molecule has 2 rings (SSSR count). The van der Waals surface area contributed by atoms with Crippen LogP contribution in [0.5, 0.6) is 0 Å². The third-order valence-corrected chi connectivity index (χ3v) is 2.88. The first-order valence-electron chi connectivity index (χ1n) is 6.47. The Balaban J connectivity index is 0.000000347. The minimum Gasteiger partial charge on any atom is -0.393 e. The normalized spacial score (nSPS) is 14.8. The van der Waals surface area contributed by atoms with Crippen molar-refractivity contribution in [3.05, 3.63) is 23.9 Å². The number of anilines is 1. The fraction of sp³-hybridized carbons (Fsp3) is 0.500. The number of hydrogen-bond acceptors (Lipinski definition) is 5. The minimum absolute atomic E-state index is 0.167. The number of carbonyl (C=O) groups excluding carboxylic acids is 1. The van der Waals surface area contributed by atoms with Crippen molar-refractivity contribution >= 4 is 12.2 Å². The van der Waals surface area contributed by atoms with Crippen LogP contribution in [0, 0.1) is 11.3 Å². The van der Waals surface area contributed by atoms with Crippen molar-refractivity contribution in [3.63, 3.8) is 0 Å². The summed E-state index contributed by atoms with van der Waals surface area (Å²) in [6.45, 7) is 1.67. The van der Waals surface area contributed by atoms with E-state index in [1.807, 2.05) is 12.1 Å². The fourth-order valence-corrected chi connectivity index (χ4v) is 1.73. The summed E-state index contributed by atoms with van der Waals surface area (Å²) in [5.74, 6) is 0.890. The predicted molar refractivity (Wildman–Crippen MR) is 76.2 cm³/mol. The van der Waals surface area contributed by atoms with Gasteiger partial charge in [-0.15, -0.1) is 0 Å². The second kappa shape index (κ2) is 8.12. The van der Waals surface area contributed by atoms with Gasteiger partial charge in [0.1, 0.15) is 11.9 Å². The zero-order valence-corrected chi connectivity index (χ0v) is 11.9. The van der Waals surface area contributed by atoms with E-state index in [0.29, 0.717) is 5.56 Å².